The Hall–Kier alpha value is -3.22. The van der Waals surface area contributed by atoms with E-state index in [1.54, 1.807) is 6.20 Å². The molecular weight excluding hydrogens is 376 g/mol. The summed E-state index contributed by atoms with van der Waals surface area (Å²) in [5.41, 5.74) is 11.0. The third kappa shape index (κ3) is 3.24. The zero-order valence-electron chi connectivity index (χ0n) is 16.6. The molecule has 0 amide bonds. The molecule has 0 atom stereocenters. The van der Waals surface area contributed by atoms with Crippen LogP contribution in [0.3, 0.4) is 0 Å². The molecule has 2 heterocycles. The van der Waals surface area contributed by atoms with E-state index in [0.717, 1.165) is 40.7 Å². The second-order valence-electron chi connectivity index (χ2n) is 7.82. The van der Waals surface area contributed by atoms with E-state index in [2.05, 4.69) is 51.7 Å². The molecule has 6 heteroatoms. The highest BCUT2D eigenvalue weighted by atomic mass is 16.3. The van der Waals surface area contributed by atoms with Gasteiger partial charge in [0, 0.05) is 29.4 Å². The van der Waals surface area contributed by atoms with Gasteiger partial charge in [0.05, 0.1) is 12.0 Å². The Bertz CT molecular complexity index is 1170. The second kappa shape index (κ2) is 7.55. The minimum atomic E-state index is -0.187. The molecule has 4 aromatic rings. The van der Waals surface area contributed by atoms with E-state index in [0.29, 0.717) is 18.2 Å². The maximum atomic E-state index is 9.04. The first-order valence-corrected chi connectivity index (χ1v) is 10.3. The molecule has 1 fully saturated rings. The van der Waals surface area contributed by atoms with Crippen LogP contribution in [0.2, 0.25) is 0 Å². The standard InChI is InChI=1S/C24H24N4O2/c25-24(11-4-12-24)18-9-7-17(8-10-18)21-20(16-5-2-1-3-6-16)19-15-27-23(26-13-14-29)28-22(19)30-21/h1-3,5-10,15,29H,4,11-14,25H2,(H,26,27,28). The number of fused-ring (bicyclic) bond motifs is 1. The van der Waals surface area contributed by atoms with E-state index in [4.69, 9.17) is 15.3 Å². The third-order valence-corrected chi connectivity index (χ3v) is 5.87. The number of nitrogens with one attached hydrogen (secondary N) is 1. The number of nitrogens with zero attached hydrogens (tertiary/aromatic N) is 2. The molecule has 2 aromatic carbocycles. The van der Waals surface area contributed by atoms with Crippen molar-refractivity contribution in [3.05, 3.63) is 66.4 Å². The molecule has 1 aliphatic rings. The Morgan fingerprint density at radius 2 is 1.80 bits per heavy atom. The number of hydrogen-bond donors (Lipinski definition) is 3. The maximum absolute atomic E-state index is 9.04. The fourth-order valence-corrected chi connectivity index (χ4v) is 4.03. The van der Waals surface area contributed by atoms with Crippen LogP contribution in [0.25, 0.3) is 33.6 Å². The van der Waals surface area contributed by atoms with Crippen LogP contribution in [0.4, 0.5) is 5.95 Å². The fourth-order valence-electron chi connectivity index (χ4n) is 4.03. The van der Waals surface area contributed by atoms with Gasteiger partial charge >= 0.3 is 0 Å². The fraction of sp³-hybridized carbons (Fsp3) is 0.250. The van der Waals surface area contributed by atoms with E-state index < -0.39 is 0 Å². The van der Waals surface area contributed by atoms with Crippen LogP contribution in [0.1, 0.15) is 24.8 Å². The van der Waals surface area contributed by atoms with Gasteiger partial charge in [-0.05, 0) is 30.4 Å². The Morgan fingerprint density at radius 3 is 2.47 bits per heavy atom. The highest BCUT2D eigenvalue weighted by Gasteiger charge is 2.34. The van der Waals surface area contributed by atoms with Crippen LogP contribution in [0.5, 0.6) is 0 Å². The van der Waals surface area contributed by atoms with Gasteiger partial charge in [0.25, 0.3) is 0 Å². The second-order valence-corrected chi connectivity index (χ2v) is 7.82. The Kier molecular flexibility index (Phi) is 4.73. The minimum Gasteiger partial charge on any atom is -0.437 e. The number of hydrogen-bond acceptors (Lipinski definition) is 6. The van der Waals surface area contributed by atoms with Crippen molar-refractivity contribution in [2.24, 2.45) is 5.73 Å². The molecule has 30 heavy (non-hydrogen) atoms. The van der Waals surface area contributed by atoms with Crippen molar-refractivity contribution in [3.8, 4) is 22.5 Å². The number of aliphatic hydroxyl groups excluding tert-OH is 1. The molecule has 1 saturated carbocycles. The number of aliphatic hydroxyl groups is 1. The van der Waals surface area contributed by atoms with Crippen LogP contribution in [-0.4, -0.2) is 28.2 Å². The molecule has 5 rings (SSSR count). The average Bonchev–Trinajstić information content (AvgIpc) is 3.15. The SMILES string of the molecule is NC1(c2ccc(-c3oc4nc(NCCO)ncc4c3-c3ccccc3)cc2)CCC1. The molecule has 1 aliphatic carbocycles. The molecule has 4 N–H and O–H groups in total. The third-order valence-electron chi connectivity index (χ3n) is 5.87. The Balaban J connectivity index is 1.62. The van der Waals surface area contributed by atoms with Gasteiger partial charge in [-0.2, -0.15) is 4.98 Å². The summed E-state index contributed by atoms with van der Waals surface area (Å²) < 4.78 is 6.24. The van der Waals surface area contributed by atoms with E-state index in [9.17, 15) is 0 Å². The number of aromatic nitrogens is 2. The molecule has 0 spiro atoms. The molecule has 0 unspecified atom stereocenters. The molecule has 0 bridgehead atoms. The van der Waals surface area contributed by atoms with Gasteiger partial charge in [-0.1, -0.05) is 54.6 Å². The average molecular weight is 400 g/mol. The van der Waals surface area contributed by atoms with Crippen molar-refractivity contribution in [2.75, 3.05) is 18.5 Å². The van der Waals surface area contributed by atoms with Crippen molar-refractivity contribution in [2.45, 2.75) is 24.8 Å². The number of furan rings is 1. The smallest absolute Gasteiger partial charge is 0.232 e. The first kappa shape index (κ1) is 18.8. The van der Waals surface area contributed by atoms with Crippen molar-refractivity contribution in [1.82, 2.24) is 9.97 Å². The summed E-state index contributed by atoms with van der Waals surface area (Å²) in [7, 11) is 0. The van der Waals surface area contributed by atoms with Gasteiger partial charge in [-0.3, -0.25) is 0 Å². The molecular formula is C24H24N4O2. The van der Waals surface area contributed by atoms with Crippen molar-refractivity contribution < 1.29 is 9.52 Å². The monoisotopic (exact) mass is 400 g/mol. The van der Waals surface area contributed by atoms with Gasteiger partial charge < -0.3 is 20.6 Å². The van der Waals surface area contributed by atoms with Gasteiger partial charge in [0.2, 0.25) is 11.7 Å². The van der Waals surface area contributed by atoms with Gasteiger partial charge in [0.1, 0.15) is 5.76 Å². The predicted molar refractivity (Wildman–Crippen MR) is 118 cm³/mol. The Labute approximate surface area is 174 Å². The van der Waals surface area contributed by atoms with Crippen molar-refractivity contribution in [1.29, 1.82) is 0 Å². The number of rotatable bonds is 6. The van der Waals surface area contributed by atoms with Crippen LogP contribution in [0.15, 0.2) is 65.2 Å². The molecule has 2 aromatic heterocycles. The molecule has 0 radical (unpaired) electrons. The highest BCUT2D eigenvalue weighted by Crippen LogP contribution is 2.42. The van der Waals surface area contributed by atoms with Gasteiger partial charge in [-0.15, -0.1) is 0 Å². The first-order chi connectivity index (χ1) is 14.7. The van der Waals surface area contributed by atoms with Crippen molar-refractivity contribution >= 4 is 17.0 Å². The maximum Gasteiger partial charge on any atom is 0.232 e. The number of nitrogens with two attached hydrogens (primary N) is 1. The predicted octanol–water partition coefficient (Wildman–Crippen LogP) is 4.30. The van der Waals surface area contributed by atoms with E-state index >= 15 is 0 Å². The molecule has 0 saturated heterocycles. The van der Waals surface area contributed by atoms with Crippen LogP contribution < -0.4 is 11.1 Å². The molecule has 152 valence electrons. The normalized spacial score (nSPS) is 15.1. The summed E-state index contributed by atoms with van der Waals surface area (Å²) in [5, 5.41) is 12.9. The lowest BCUT2D eigenvalue weighted by molar-refractivity contribution is 0.253. The zero-order chi connectivity index (χ0) is 20.6. The summed E-state index contributed by atoms with van der Waals surface area (Å²) in [6.45, 7) is 0.391. The lowest BCUT2D eigenvalue weighted by Crippen LogP contribution is -2.43. The zero-order valence-corrected chi connectivity index (χ0v) is 16.6. The quantitative estimate of drug-likeness (QED) is 0.446. The summed E-state index contributed by atoms with van der Waals surface area (Å²) in [6, 6.07) is 18.5. The van der Waals surface area contributed by atoms with Gasteiger partial charge in [-0.25, -0.2) is 4.98 Å². The lowest BCUT2D eigenvalue weighted by Gasteiger charge is -2.38. The lowest BCUT2D eigenvalue weighted by atomic mass is 9.72. The topological polar surface area (TPSA) is 97.2 Å². The summed E-state index contributed by atoms with van der Waals surface area (Å²) >= 11 is 0. The van der Waals surface area contributed by atoms with E-state index in [-0.39, 0.29) is 12.1 Å². The Morgan fingerprint density at radius 1 is 1.03 bits per heavy atom. The summed E-state index contributed by atoms with van der Waals surface area (Å²) in [6.07, 6.45) is 5.02. The van der Waals surface area contributed by atoms with E-state index in [1.165, 1.54) is 12.0 Å². The van der Waals surface area contributed by atoms with E-state index in [1.807, 2.05) is 18.2 Å². The largest absolute Gasteiger partial charge is 0.437 e. The summed E-state index contributed by atoms with van der Waals surface area (Å²) in [5.74, 6) is 1.19. The molecule has 6 nitrogen and oxygen atoms in total. The summed E-state index contributed by atoms with van der Waals surface area (Å²) in [4.78, 5) is 8.90. The number of benzene rings is 2. The van der Waals surface area contributed by atoms with Crippen LogP contribution >= 0.6 is 0 Å². The highest BCUT2D eigenvalue weighted by molar-refractivity contribution is 6.00. The van der Waals surface area contributed by atoms with Gasteiger partial charge in [0.15, 0.2) is 0 Å². The minimum absolute atomic E-state index is 0.00898. The number of anilines is 1. The van der Waals surface area contributed by atoms with Crippen LogP contribution in [0, 0.1) is 0 Å². The van der Waals surface area contributed by atoms with Crippen molar-refractivity contribution in [3.63, 3.8) is 0 Å². The van der Waals surface area contributed by atoms with Crippen LogP contribution in [-0.2, 0) is 5.54 Å². The first-order valence-electron chi connectivity index (χ1n) is 10.3. The molecule has 0 aliphatic heterocycles.